The lowest BCUT2D eigenvalue weighted by Crippen LogP contribution is -2.04. The Balaban J connectivity index is 0.000000497. The summed E-state index contributed by atoms with van der Waals surface area (Å²) in [4.78, 5) is 14.4. The number of carboxylic acid groups (broad SMARTS) is 1. The van der Waals surface area contributed by atoms with E-state index in [1.54, 1.807) is 7.11 Å². The van der Waals surface area contributed by atoms with Crippen LogP contribution in [0.1, 0.15) is 41.6 Å². The molecular formula is C29H35NO5. The normalized spacial score (nSPS) is 12.5. The molecule has 2 aromatic carbocycles. The number of aryl methyl sites for hydroxylation is 3. The molecule has 186 valence electrons. The van der Waals surface area contributed by atoms with Crippen LogP contribution in [-0.2, 0) is 16.1 Å². The van der Waals surface area contributed by atoms with Crippen LogP contribution in [0.4, 0.5) is 0 Å². The van der Waals surface area contributed by atoms with Gasteiger partial charge in [-0.25, -0.2) is 4.98 Å². The van der Waals surface area contributed by atoms with Crippen molar-refractivity contribution in [3.63, 3.8) is 0 Å². The Morgan fingerprint density at radius 1 is 1.00 bits per heavy atom. The summed E-state index contributed by atoms with van der Waals surface area (Å²) in [5.74, 6) is 0.943. The van der Waals surface area contributed by atoms with Gasteiger partial charge in [0.2, 0.25) is 5.88 Å². The molecule has 4 rings (SSSR count). The third kappa shape index (κ3) is 8.41. The lowest BCUT2D eigenvalue weighted by molar-refractivity contribution is -0.138. The monoisotopic (exact) mass is 477 g/mol. The standard InChI is InChI=1S/C25H29NO3.C4H6O2/c1-18-8-5-11-23(14-18)29-17-21-9-6-10-22(16-21)25-19(2)15-24(26-20(25)3)28-13-7-12-27-4;5-4(6)3-1-2-3/h5-6,8-11,14-16H,7,12-13,17H2,1-4H3;3H,1-2H2,(H,5,6). The van der Waals surface area contributed by atoms with Crippen molar-refractivity contribution >= 4 is 5.97 Å². The lowest BCUT2D eigenvalue weighted by Gasteiger charge is -2.14. The molecule has 0 aliphatic heterocycles. The summed E-state index contributed by atoms with van der Waals surface area (Å²) in [5, 5.41) is 8.05. The maximum atomic E-state index is 9.76. The third-order valence-electron chi connectivity index (χ3n) is 5.65. The first-order chi connectivity index (χ1) is 16.9. The van der Waals surface area contributed by atoms with Crippen LogP contribution >= 0.6 is 0 Å². The highest BCUT2D eigenvalue weighted by Gasteiger charge is 2.28. The summed E-state index contributed by atoms with van der Waals surface area (Å²) in [5.41, 5.74) is 6.72. The van der Waals surface area contributed by atoms with Crippen LogP contribution in [0.25, 0.3) is 11.1 Å². The van der Waals surface area contributed by atoms with Gasteiger partial charge in [-0.2, -0.15) is 0 Å². The van der Waals surface area contributed by atoms with E-state index in [4.69, 9.17) is 19.3 Å². The zero-order valence-corrected chi connectivity index (χ0v) is 21.0. The Morgan fingerprint density at radius 3 is 2.40 bits per heavy atom. The van der Waals surface area contributed by atoms with Crippen molar-refractivity contribution in [3.8, 4) is 22.8 Å². The van der Waals surface area contributed by atoms with Gasteiger partial charge in [0.1, 0.15) is 12.4 Å². The molecule has 6 heteroatoms. The number of carboxylic acids is 1. The molecule has 1 fully saturated rings. The SMILES string of the molecule is COCCCOc1cc(C)c(-c2cccc(COc3cccc(C)c3)c2)c(C)n1.O=C(O)C1CC1. The first-order valence-electron chi connectivity index (χ1n) is 12.0. The predicted octanol–water partition coefficient (Wildman–Crippen LogP) is 6.15. The van der Waals surface area contributed by atoms with Crippen LogP contribution < -0.4 is 9.47 Å². The molecule has 6 nitrogen and oxygen atoms in total. The van der Waals surface area contributed by atoms with Crippen molar-refractivity contribution in [2.45, 2.75) is 46.6 Å². The number of benzene rings is 2. The second kappa shape index (κ2) is 12.9. The van der Waals surface area contributed by atoms with Gasteiger partial charge >= 0.3 is 5.97 Å². The number of ether oxygens (including phenoxy) is 3. The number of hydrogen-bond donors (Lipinski definition) is 1. The van der Waals surface area contributed by atoms with Gasteiger partial charge in [0, 0.05) is 37.5 Å². The Kier molecular flexibility index (Phi) is 9.67. The molecule has 1 aromatic heterocycles. The molecule has 1 aliphatic rings. The Morgan fingerprint density at radius 2 is 1.77 bits per heavy atom. The number of nitrogens with zero attached hydrogens (tertiary/aromatic N) is 1. The van der Waals surface area contributed by atoms with Gasteiger partial charge < -0.3 is 19.3 Å². The van der Waals surface area contributed by atoms with Crippen molar-refractivity contribution < 1.29 is 24.1 Å². The molecule has 0 bridgehead atoms. The Hall–Kier alpha value is -3.38. The summed E-state index contributed by atoms with van der Waals surface area (Å²) in [6.45, 7) is 8.01. The average molecular weight is 478 g/mol. The average Bonchev–Trinajstić information content (AvgIpc) is 3.67. The zero-order chi connectivity index (χ0) is 25.2. The topological polar surface area (TPSA) is 77.9 Å². The fraction of sp³-hybridized carbons (Fsp3) is 0.379. The van der Waals surface area contributed by atoms with E-state index in [0.29, 0.717) is 25.7 Å². The molecule has 1 N–H and O–H groups in total. The molecule has 0 atom stereocenters. The molecular weight excluding hydrogens is 442 g/mol. The lowest BCUT2D eigenvalue weighted by atomic mass is 9.98. The summed E-state index contributed by atoms with van der Waals surface area (Å²) in [6, 6.07) is 18.6. The molecule has 0 amide bonds. The van der Waals surface area contributed by atoms with Crippen LogP contribution in [0.2, 0.25) is 0 Å². The van der Waals surface area contributed by atoms with Crippen molar-refractivity contribution in [3.05, 3.63) is 77.0 Å². The molecule has 1 heterocycles. The van der Waals surface area contributed by atoms with Crippen LogP contribution in [0.5, 0.6) is 11.6 Å². The number of pyridine rings is 1. The van der Waals surface area contributed by atoms with Gasteiger partial charge in [-0.3, -0.25) is 4.79 Å². The Labute approximate surface area is 207 Å². The second-order valence-corrected chi connectivity index (χ2v) is 8.85. The first kappa shape index (κ1) is 26.2. The minimum absolute atomic E-state index is 0.0185. The number of methoxy groups -OCH3 is 1. The summed E-state index contributed by atoms with van der Waals surface area (Å²) < 4.78 is 16.8. The van der Waals surface area contributed by atoms with E-state index < -0.39 is 5.97 Å². The highest BCUT2D eigenvalue weighted by molar-refractivity contribution is 5.72. The minimum atomic E-state index is -0.630. The largest absolute Gasteiger partial charge is 0.489 e. The minimum Gasteiger partial charge on any atom is -0.489 e. The predicted molar refractivity (Wildman–Crippen MR) is 137 cm³/mol. The van der Waals surface area contributed by atoms with Crippen molar-refractivity contribution in [2.24, 2.45) is 5.92 Å². The van der Waals surface area contributed by atoms with Crippen LogP contribution in [0, 0.1) is 26.7 Å². The third-order valence-corrected chi connectivity index (χ3v) is 5.65. The number of aliphatic carboxylic acids is 1. The van der Waals surface area contributed by atoms with Gasteiger partial charge in [-0.05, 0) is 74.1 Å². The van der Waals surface area contributed by atoms with E-state index in [2.05, 4.69) is 49.2 Å². The molecule has 3 aromatic rings. The van der Waals surface area contributed by atoms with E-state index in [1.165, 1.54) is 5.56 Å². The molecule has 1 saturated carbocycles. The summed E-state index contributed by atoms with van der Waals surface area (Å²) >= 11 is 0. The zero-order valence-electron chi connectivity index (χ0n) is 21.0. The van der Waals surface area contributed by atoms with Crippen LogP contribution in [0.3, 0.4) is 0 Å². The fourth-order valence-corrected chi connectivity index (χ4v) is 3.71. The Bertz CT molecular complexity index is 1100. The molecule has 0 radical (unpaired) electrons. The van der Waals surface area contributed by atoms with Gasteiger partial charge in [0.25, 0.3) is 0 Å². The number of aromatic nitrogens is 1. The second-order valence-electron chi connectivity index (χ2n) is 8.85. The molecule has 0 unspecified atom stereocenters. The fourth-order valence-electron chi connectivity index (χ4n) is 3.71. The first-order valence-corrected chi connectivity index (χ1v) is 12.0. The number of hydrogen-bond acceptors (Lipinski definition) is 5. The maximum absolute atomic E-state index is 9.76. The molecule has 0 spiro atoms. The smallest absolute Gasteiger partial charge is 0.306 e. The maximum Gasteiger partial charge on any atom is 0.306 e. The van der Waals surface area contributed by atoms with Gasteiger partial charge in [-0.1, -0.05) is 30.3 Å². The van der Waals surface area contributed by atoms with Crippen molar-refractivity contribution in [2.75, 3.05) is 20.3 Å². The molecule has 1 aliphatic carbocycles. The van der Waals surface area contributed by atoms with Crippen molar-refractivity contribution in [1.29, 1.82) is 0 Å². The quantitative estimate of drug-likeness (QED) is 0.353. The van der Waals surface area contributed by atoms with E-state index in [1.807, 2.05) is 31.2 Å². The highest BCUT2D eigenvalue weighted by Crippen LogP contribution is 2.30. The van der Waals surface area contributed by atoms with Crippen molar-refractivity contribution in [1.82, 2.24) is 4.98 Å². The highest BCUT2D eigenvalue weighted by atomic mass is 16.5. The number of carbonyl (C=O) groups is 1. The van der Waals surface area contributed by atoms with Crippen LogP contribution in [-0.4, -0.2) is 36.4 Å². The van der Waals surface area contributed by atoms with E-state index >= 15 is 0 Å². The summed E-state index contributed by atoms with van der Waals surface area (Å²) in [7, 11) is 1.70. The number of rotatable bonds is 10. The molecule has 35 heavy (non-hydrogen) atoms. The van der Waals surface area contributed by atoms with Gasteiger partial charge in [0.15, 0.2) is 0 Å². The van der Waals surface area contributed by atoms with E-state index in [-0.39, 0.29) is 5.92 Å². The van der Waals surface area contributed by atoms with E-state index in [0.717, 1.165) is 53.0 Å². The van der Waals surface area contributed by atoms with Crippen LogP contribution in [0.15, 0.2) is 54.6 Å². The summed E-state index contributed by atoms with van der Waals surface area (Å²) in [6.07, 6.45) is 2.64. The van der Waals surface area contributed by atoms with Gasteiger partial charge in [-0.15, -0.1) is 0 Å². The van der Waals surface area contributed by atoms with Gasteiger partial charge in [0.05, 0.1) is 12.5 Å². The van der Waals surface area contributed by atoms with E-state index in [9.17, 15) is 4.79 Å². The molecule has 0 saturated heterocycles.